The normalized spacial score (nSPS) is 12.1. The first-order chi connectivity index (χ1) is 17.3. The molecule has 0 unspecified atom stereocenters. The first kappa shape index (κ1) is 22.9. The largest absolute Gasteiger partial charge is 0.455 e. The third-order valence-electron chi connectivity index (χ3n) is 5.94. The lowest BCUT2D eigenvalue weighted by Gasteiger charge is -2.20. The zero-order valence-electron chi connectivity index (χ0n) is 19.1. The van der Waals surface area contributed by atoms with Crippen molar-refractivity contribution in [3.8, 4) is 0 Å². The van der Waals surface area contributed by atoms with Crippen LogP contribution >= 0.6 is 0 Å². The fourth-order valence-electron chi connectivity index (χ4n) is 4.28. The Bertz CT molecular complexity index is 1650. The van der Waals surface area contributed by atoms with Gasteiger partial charge in [0.25, 0.3) is 11.5 Å². The molecule has 0 aliphatic heterocycles. The number of carbonyl (C=O) groups excluding carboxylic acids is 4. The molecule has 1 heterocycles. The summed E-state index contributed by atoms with van der Waals surface area (Å²) < 4.78 is 6.26. The monoisotopic (exact) mass is 481 g/mol. The van der Waals surface area contributed by atoms with E-state index < -0.39 is 18.5 Å². The zero-order valence-corrected chi connectivity index (χ0v) is 19.1. The van der Waals surface area contributed by atoms with Crippen LogP contribution in [0.4, 0.5) is 5.69 Å². The number of amides is 1. The van der Waals surface area contributed by atoms with Crippen molar-refractivity contribution in [3.05, 3.63) is 105 Å². The van der Waals surface area contributed by atoms with Crippen molar-refractivity contribution in [2.24, 2.45) is 7.05 Å². The first-order valence-electron chi connectivity index (χ1n) is 11.1. The van der Waals surface area contributed by atoms with Gasteiger partial charge >= 0.3 is 5.97 Å². The number of carbonyl (C=O) groups is 4. The molecule has 4 aromatic rings. The quantitative estimate of drug-likeness (QED) is 0.382. The van der Waals surface area contributed by atoms with Gasteiger partial charge in [-0.05, 0) is 12.1 Å². The number of ketones is 2. The molecular formula is C27H19N3O6. The van der Waals surface area contributed by atoms with E-state index in [0.29, 0.717) is 22.0 Å². The topological polar surface area (TPSA) is 124 Å². The lowest BCUT2D eigenvalue weighted by atomic mass is 9.83. The lowest BCUT2D eigenvalue weighted by molar-refractivity contribution is -0.146. The van der Waals surface area contributed by atoms with Gasteiger partial charge in [-0.2, -0.15) is 5.10 Å². The van der Waals surface area contributed by atoms with Gasteiger partial charge in [0.2, 0.25) is 0 Å². The second-order valence-electron chi connectivity index (χ2n) is 8.24. The molecule has 0 bridgehead atoms. The number of hydrogen-bond donors (Lipinski definition) is 1. The average molecular weight is 481 g/mol. The van der Waals surface area contributed by atoms with Crippen molar-refractivity contribution in [3.63, 3.8) is 0 Å². The fourth-order valence-corrected chi connectivity index (χ4v) is 4.28. The van der Waals surface area contributed by atoms with E-state index >= 15 is 0 Å². The van der Waals surface area contributed by atoms with Crippen LogP contribution in [0.1, 0.15) is 37.5 Å². The van der Waals surface area contributed by atoms with E-state index in [1.54, 1.807) is 54.6 Å². The number of benzene rings is 3. The Morgan fingerprint density at radius 2 is 1.47 bits per heavy atom. The molecule has 0 saturated carbocycles. The molecule has 0 saturated heterocycles. The van der Waals surface area contributed by atoms with E-state index in [1.165, 1.54) is 19.2 Å². The Morgan fingerprint density at radius 1 is 0.833 bits per heavy atom. The predicted octanol–water partition coefficient (Wildman–Crippen LogP) is 2.43. The lowest BCUT2D eigenvalue weighted by Crippen LogP contribution is -2.26. The summed E-state index contributed by atoms with van der Waals surface area (Å²) in [4.78, 5) is 63.2. The number of fused-ring (bicyclic) bond motifs is 3. The maximum Gasteiger partial charge on any atom is 0.312 e. The van der Waals surface area contributed by atoms with Crippen LogP contribution in [-0.2, 0) is 27.8 Å². The molecule has 3 aromatic carbocycles. The molecule has 0 fully saturated rings. The minimum absolute atomic E-state index is 0.0988. The van der Waals surface area contributed by atoms with E-state index in [4.69, 9.17) is 4.74 Å². The number of esters is 1. The summed E-state index contributed by atoms with van der Waals surface area (Å²) in [5, 5.41) is 7.67. The maximum absolute atomic E-state index is 13.1. The molecule has 0 atom stereocenters. The number of aromatic nitrogens is 2. The number of nitrogens with zero attached hydrogens (tertiary/aromatic N) is 2. The number of ether oxygens (including phenoxy) is 1. The molecule has 0 spiro atoms. The summed E-state index contributed by atoms with van der Waals surface area (Å²) in [5.41, 5.74) is 1.09. The number of aryl methyl sites for hydroxylation is 1. The standard InChI is InChI=1S/C27H19N3O6/c1-30-27(35)18-10-5-2-7-15(18)21(29-30)13-23(32)36-14-22(31)28-20-12-6-11-19-24(20)26(34)17-9-4-3-8-16(17)25(19)33/h2-12H,13-14H2,1H3,(H,28,31). The smallest absolute Gasteiger partial charge is 0.312 e. The van der Waals surface area contributed by atoms with Gasteiger partial charge in [0.1, 0.15) is 0 Å². The van der Waals surface area contributed by atoms with E-state index in [9.17, 15) is 24.0 Å². The molecule has 178 valence electrons. The maximum atomic E-state index is 13.1. The summed E-state index contributed by atoms with van der Waals surface area (Å²) in [5.74, 6) is -2.06. The minimum Gasteiger partial charge on any atom is -0.455 e. The van der Waals surface area contributed by atoms with Crippen molar-refractivity contribution in [1.82, 2.24) is 9.78 Å². The van der Waals surface area contributed by atoms with Crippen molar-refractivity contribution in [2.75, 3.05) is 11.9 Å². The molecule has 1 amide bonds. The number of hydrogen-bond acceptors (Lipinski definition) is 7. The van der Waals surface area contributed by atoms with Gasteiger partial charge in [-0.1, -0.05) is 54.6 Å². The average Bonchev–Trinajstić information content (AvgIpc) is 2.89. The summed E-state index contributed by atoms with van der Waals surface area (Å²) >= 11 is 0. The van der Waals surface area contributed by atoms with E-state index in [-0.39, 0.29) is 45.9 Å². The molecular weight excluding hydrogens is 462 g/mol. The van der Waals surface area contributed by atoms with E-state index in [0.717, 1.165) is 4.68 Å². The molecule has 1 aromatic heterocycles. The van der Waals surface area contributed by atoms with Crippen LogP contribution in [-0.4, -0.2) is 39.8 Å². The Labute approximate surface area is 204 Å². The highest BCUT2D eigenvalue weighted by Crippen LogP contribution is 2.31. The Morgan fingerprint density at radius 3 is 2.22 bits per heavy atom. The second-order valence-corrected chi connectivity index (χ2v) is 8.24. The summed E-state index contributed by atoms with van der Waals surface area (Å²) in [6, 6.07) is 17.9. The third kappa shape index (κ3) is 3.96. The van der Waals surface area contributed by atoms with Gasteiger partial charge in [0, 0.05) is 29.1 Å². The number of rotatable bonds is 5. The highest BCUT2D eigenvalue weighted by molar-refractivity contribution is 6.30. The van der Waals surface area contributed by atoms with Gasteiger partial charge in [-0.25, -0.2) is 4.68 Å². The first-order valence-corrected chi connectivity index (χ1v) is 11.1. The van der Waals surface area contributed by atoms with Crippen LogP contribution in [0.25, 0.3) is 10.8 Å². The van der Waals surface area contributed by atoms with Crippen LogP contribution < -0.4 is 10.9 Å². The van der Waals surface area contributed by atoms with Crippen LogP contribution in [0.2, 0.25) is 0 Å². The van der Waals surface area contributed by atoms with E-state index in [2.05, 4.69) is 10.4 Å². The van der Waals surface area contributed by atoms with Gasteiger partial charge in [0.05, 0.1) is 28.8 Å². The third-order valence-corrected chi connectivity index (χ3v) is 5.94. The van der Waals surface area contributed by atoms with Gasteiger partial charge < -0.3 is 10.1 Å². The highest BCUT2D eigenvalue weighted by Gasteiger charge is 2.31. The van der Waals surface area contributed by atoms with Crippen molar-refractivity contribution < 1.29 is 23.9 Å². The van der Waals surface area contributed by atoms with Crippen LogP contribution in [0.5, 0.6) is 0 Å². The van der Waals surface area contributed by atoms with Crippen molar-refractivity contribution in [1.29, 1.82) is 0 Å². The Hall–Kier alpha value is -4.92. The summed E-state index contributed by atoms with van der Waals surface area (Å²) in [7, 11) is 1.49. The molecule has 0 radical (unpaired) electrons. The number of nitrogens with one attached hydrogen (secondary N) is 1. The summed E-state index contributed by atoms with van der Waals surface area (Å²) in [6.45, 7) is -0.606. The molecule has 9 nitrogen and oxygen atoms in total. The number of anilines is 1. The minimum atomic E-state index is -0.711. The Kier molecular flexibility index (Phi) is 5.73. The van der Waals surface area contributed by atoms with Crippen LogP contribution in [0.3, 0.4) is 0 Å². The van der Waals surface area contributed by atoms with Crippen LogP contribution in [0, 0.1) is 0 Å². The molecule has 1 aliphatic carbocycles. The van der Waals surface area contributed by atoms with Gasteiger partial charge in [0.15, 0.2) is 18.2 Å². The predicted molar refractivity (Wildman–Crippen MR) is 130 cm³/mol. The fraction of sp³-hybridized carbons (Fsp3) is 0.111. The summed E-state index contributed by atoms with van der Waals surface area (Å²) in [6.07, 6.45) is -0.244. The van der Waals surface area contributed by atoms with Crippen molar-refractivity contribution >= 4 is 39.9 Å². The van der Waals surface area contributed by atoms with Gasteiger partial charge in [-0.15, -0.1) is 0 Å². The van der Waals surface area contributed by atoms with Crippen LogP contribution in [0.15, 0.2) is 71.5 Å². The zero-order chi connectivity index (χ0) is 25.4. The van der Waals surface area contributed by atoms with Gasteiger partial charge in [-0.3, -0.25) is 24.0 Å². The van der Waals surface area contributed by atoms with E-state index in [1.807, 2.05) is 0 Å². The molecule has 1 aliphatic rings. The molecule has 36 heavy (non-hydrogen) atoms. The molecule has 1 N–H and O–H groups in total. The SMILES string of the molecule is Cn1nc(CC(=O)OCC(=O)Nc2cccc3c2C(=O)c2ccccc2C3=O)c2ccccc2c1=O. The molecule has 9 heteroatoms. The van der Waals surface area contributed by atoms with Crippen molar-refractivity contribution in [2.45, 2.75) is 6.42 Å². The second kappa shape index (κ2) is 9.03. The highest BCUT2D eigenvalue weighted by atomic mass is 16.5. The Balaban J connectivity index is 1.30. The molecule has 5 rings (SSSR count).